The minimum absolute atomic E-state index is 0.291. The molecule has 1 aliphatic heterocycles. The molecule has 7 heavy (non-hydrogen) atoms. The van der Waals surface area contributed by atoms with Crippen molar-refractivity contribution in [2.24, 2.45) is 0 Å². The Bertz CT molecular complexity index is 108. The maximum absolute atomic E-state index is 10.1. The van der Waals surface area contributed by atoms with Gasteiger partial charge in [-0.2, -0.15) is 0 Å². The average molecular weight is 117 g/mol. The topological polar surface area (TPSA) is 46.2 Å². The molecule has 1 N–H and O–H groups in total. The van der Waals surface area contributed by atoms with Gasteiger partial charge in [-0.25, -0.2) is 0 Å². The molecule has 1 aliphatic rings. The molecule has 1 fully saturated rings. The molecule has 0 radical (unpaired) electrons. The molecule has 0 unspecified atom stereocenters. The van der Waals surface area contributed by atoms with E-state index < -0.39 is 5.91 Å². The summed E-state index contributed by atoms with van der Waals surface area (Å²) in [5, 5.41) is 0. The third kappa shape index (κ3) is 0.742. The summed E-state index contributed by atoms with van der Waals surface area (Å²) < 4.78 is 2.30. The van der Waals surface area contributed by atoms with Crippen molar-refractivity contribution in [3.63, 3.8) is 0 Å². The van der Waals surface area contributed by atoms with Crippen LogP contribution >= 0.6 is 11.9 Å². The van der Waals surface area contributed by atoms with Gasteiger partial charge in [0.25, 0.3) is 5.91 Å². The lowest BCUT2D eigenvalue weighted by Gasteiger charge is -1.76. The molecule has 0 saturated carbocycles. The fraction of sp³-hybridized carbons (Fsp3) is 0.333. The van der Waals surface area contributed by atoms with Gasteiger partial charge in [0.1, 0.15) is 0 Å². The average Bonchev–Trinajstić information content (AvgIpc) is 1.91. The molecule has 38 valence electrons. The molecule has 0 aromatic carbocycles. The second kappa shape index (κ2) is 1.54. The zero-order chi connectivity index (χ0) is 5.28. The van der Waals surface area contributed by atoms with Crippen molar-refractivity contribution in [1.82, 2.24) is 4.72 Å². The summed E-state index contributed by atoms with van der Waals surface area (Å²) in [7, 11) is 0. The van der Waals surface area contributed by atoms with Gasteiger partial charge in [0.2, 0.25) is 5.78 Å². The van der Waals surface area contributed by atoms with Gasteiger partial charge >= 0.3 is 0 Å². The zero-order valence-electron chi connectivity index (χ0n) is 3.43. The highest BCUT2D eigenvalue weighted by Gasteiger charge is 2.19. The van der Waals surface area contributed by atoms with Crippen LogP contribution in [0.4, 0.5) is 0 Å². The molecule has 1 saturated heterocycles. The van der Waals surface area contributed by atoms with Gasteiger partial charge in [-0.05, 0) is 11.9 Å². The van der Waals surface area contributed by atoms with Crippen LogP contribution in [0, 0.1) is 0 Å². The van der Waals surface area contributed by atoms with Crippen molar-refractivity contribution in [2.75, 3.05) is 5.75 Å². The molecule has 1 heterocycles. The second-order valence-corrected chi connectivity index (χ2v) is 1.92. The summed E-state index contributed by atoms with van der Waals surface area (Å²) in [5.74, 6) is -0.506. The first kappa shape index (κ1) is 4.64. The Morgan fingerprint density at radius 3 is 2.43 bits per heavy atom. The Hall–Kier alpha value is -0.510. The van der Waals surface area contributed by atoms with Crippen LogP contribution in [0.3, 0.4) is 0 Å². The Morgan fingerprint density at radius 1 is 1.57 bits per heavy atom. The fourth-order valence-corrected chi connectivity index (χ4v) is 0.869. The van der Waals surface area contributed by atoms with Crippen LogP contribution < -0.4 is 4.72 Å². The van der Waals surface area contributed by atoms with Crippen LogP contribution in [0.25, 0.3) is 0 Å². The highest BCUT2D eigenvalue weighted by molar-refractivity contribution is 7.99. The molecular formula is C3H3NO2S. The summed E-state index contributed by atoms with van der Waals surface area (Å²) >= 11 is 1.14. The first-order valence-corrected chi connectivity index (χ1v) is 2.74. The van der Waals surface area contributed by atoms with Crippen LogP contribution in [0.15, 0.2) is 0 Å². The smallest absolute Gasteiger partial charge is 0.293 e. The number of rotatable bonds is 0. The van der Waals surface area contributed by atoms with Crippen LogP contribution in [-0.2, 0) is 9.59 Å². The van der Waals surface area contributed by atoms with E-state index in [1.807, 2.05) is 0 Å². The summed E-state index contributed by atoms with van der Waals surface area (Å²) in [6, 6.07) is 0. The van der Waals surface area contributed by atoms with Crippen molar-refractivity contribution in [3.05, 3.63) is 0 Å². The van der Waals surface area contributed by atoms with Crippen molar-refractivity contribution >= 4 is 23.6 Å². The third-order valence-corrected chi connectivity index (χ3v) is 1.36. The molecular weight excluding hydrogens is 114 g/mol. The number of amides is 1. The molecule has 0 aromatic heterocycles. The number of carbonyl (C=O) groups is 2. The van der Waals surface area contributed by atoms with Gasteiger partial charge in [-0.15, -0.1) is 0 Å². The molecule has 3 nitrogen and oxygen atoms in total. The van der Waals surface area contributed by atoms with Crippen molar-refractivity contribution in [2.45, 2.75) is 0 Å². The summed E-state index contributed by atoms with van der Waals surface area (Å²) in [5.41, 5.74) is 0. The number of hydrogen-bond donors (Lipinski definition) is 1. The second-order valence-electron chi connectivity index (χ2n) is 1.14. The Labute approximate surface area is 44.6 Å². The van der Waals surface area contributed by atoms with E-state index in [9.17, 15) is 9.59 Å². The zero-order valence-corrected chi connectivity index (χ0v) is 4.25. The van der Waals surface area contributed by atoms with Gasteiger partial charge in [0.05, 0.1) is 5.75 Å². The fourth-order valence-electron chi connectivity index (χ4n) is 0.290. The Kier molecular flexibility index (Phi) is 1.02. The van der Waals surface area contributed by atoms with Gasteiger partial charge in [-0.1, -0.05) is 0 Å². The quantitative estimate of drug-likeness (QED) is 0.338. The summed E-state index contributed by atoms with van der Waals surface area (Å²) in [4.78, 5) is 20.2. The minimum atomic E-state index is -0.468. The highest BCUT2D eigenvalue weighted by atomic mass is 32.2. The number of hydrogen-bond acceptors (Lipinski definition) is 3. The van der Waals surface area contributed by atoms with E-state index in [1.54, 1.807) is 0 Å². The van der Waals surface area contributed by atoms with E-state index in [4.69, 9.17) is 0 Å². The van der Waals surface area contributed by atoms with Gasteiger partial charge < -0.3 is 0 Å². The van der Waals surface area contributed by atoms with Crippen LogP contribution in [-0.4, -0.2) is 17.4 Å². The summed E-state index contributed by atoms with van der Waals surface area (Å²) in [6.45, 7) is 0. The first-order chi connectivity index (χ1) is 3.30. The number of carbonyl (C=O) groups excluding carboxylic acids is 2. The van der Waals surface area contributed by atoms with E-state index in [0.717, 1.165) is 11.9 Å². The van der Waals surface area contributed by atoms with E-state index in [1.165, 1.54) is 0 Å². The standard InChI is InChI=1S/C3H3NO2S/c5-2-1-7-4-3(2)6/h1H2,(H,4,6). The third-order valence-electron chi connectivity index (χ3n) is 0.621. The van der Waals surface area contributed by atoms with Gasteiger partial charge in [0.15, 0.2) is 0 Å². The Balaban J connectivity index is 2.65. The molecule has 0 spiro atoms. The number of ketones is 1. The molecule has 0 bridgehead atoms. The lowest BCUT2D eigenvalue weighted by Crippen LogP contribution is -2.15. The highest BCUT2D eigenvalue weighted by Crippen LogP contribution is 2.01. The van der Waals surface area contributed by atoms with E-state index in [0.29, 0.717) is 5.75 Å². The molecule has 1 amide bonds. The SMILES string of the molecule is O=C1CSNC1=O. The van der Waals surface area contributed by atoms with Crippen LogP contribution in [0.1, 0.15) is 0 Å². The minimum Gasteiger partial charge on any atom is -0.293 e. The molecule has 4 heteroatoms. The molecule has 0 aromatic rings. The molecule has 0 atom stereocenters. The van der Waals surface area contributed by atoms with Crippen molar-refractivity contribution < 1.29 is 9.59 Å². The van der Waals surface area contributed by atoms with E-state index in [-0.39, 0.29) is 5.78 Å². The predicted octanol–water partition coefficient (Wildman–Crippen LogP) is -0.667. The van der Waals surface area contributed by atoms with Crippen molar-refractivity contribution in [3.8, 4) is 0 Å². The summed E-state index contributed by atoms with van der Waals surface area (Å²) in [6.07, 6.45) is 0. The predicted molar refractivity (Wildman–Crippen MR) is 25.6 cm³/mol. The normalized spacial score (nSPS) is 20.0. The lowest BCUT2D eigenvalue weighted by molar-refractivity contribution is -0.134. The molecule has 0 aliphatic carbocycles. The van der Waals surface area contributed by atoms with Gasteiger partial charge in [-0.3, -0.25) is 14.3 Å². The largest absolute Gasteiger partial charge is 0.298 e. The van der Waals surface area contributed by atoms with E-state index in [2.05, 4.69) is 4.72 Å². The lowest BCUT2D eigenvalue weighted by atomic mass is 10.4. The molecule has 1 rings (SSSR count). The monoisotopic (exact) mass is 117 g/mol. The Morgan fingerprint density at radius 2 is 2.29 bits per heavy atom. The van der Waals surface area contributed by atoms with Crippen LogP contribution in [0.5, 0.6) is 0 Å². The number of Topliss-reactive ketones (excluding diaryl/α,β-unsaturated/α-hetero) is 1. The van der Waals surface area contributed by atoms with E-state index >= 15 is 0 Å². The maximum atomic E-state index is 10.1. The van der Waals surface area contributed by atoms with Gasteiger partial charge in [0, 0.05) is 0 Å². The first-order valence-electron chi connectivity index (χ1n) is 1.75. The number of nitrogens with one attached hydrogen (secondary N) is 1. The maximum Gasteiger partial charge on any atom is 0.298 e. The van der Waals surface area contributed by atoms with Crippen LogP contribution in [0.2, 0.25) is 0 Å². The van der Waals surface area contributed by atoms with Crippen molar-refractivity contribution in [1.29, 1.82) is 0 Å².